The van der Waals surface area contributed by atoms with Crippen LogP contribution in [0.25, 0.3) is 0 Å². The Morgan fingerprint density at radius 2 is 1.76 bits per heavy atom. The summed E-state index contributed by atoms with van der Waals surface area (Å²) in [5.41, 5.74) is 0.767. The minimum Gasteiger partial charge on any atom is -0.385 e. The van der Waals surface area contributed by atoms with Gasteiger partial charge >= 0.3 is 0 Å². The Kier molecular flexibility index (Phi) is 7.02. The van der Waals surface area contributed by atoms with E-state index in [9.17, 15) is 4.39 Å². The fraction of sp³-hybridized carbons (Fsp3) is 0.571. The van der Waals surface area contributed by atoms with Crippen LogP contribution in [0.4, 0.5) is 10.1 Å². The highest BCUT2D eigenvalue weighted by atomic mass is 35.5. The minimum atomic E-state index is -0.289. The highest BCUT2D eigenvalue weighted by molar-refractivity contribution is 6.30. The largest absolute Gasteiger partial charge is 0.385 e. The van der Waals surface area contributed by atoms with Crippen LogP contribution in [0, 0.1) is 5.82 Å². The first kappa shape index (κ1) is 14.3. The molecule has 0 unspecified atom stereocenters. The molecule has 0 spiro atoms. The second kappa shape index (κ2) is 8.35. The van der Waals surface area contributed by atoms with E-state index < -0.39 is 0 Å². The third-order valence-electron chi connectivity index (χ3n) is 2.72. The first-order valence-electron chi connectivity index (χ1n) is 6.42. The van der Waals surface area contributed by atoms with Crippen molar-refractivity contribution in [2.24, 2.45) is 0 Å². The SMILES string of the molecule is CCCCCCCCNc1cc(F)cc(Cl)c1. The molecule has 1 nitrogen and oxygen atoms in total. The number of hydrogen-bond acceptors (Lipinski definition) is 1. The smallest absolute Gasteiger partial charge is 0.126 e. The lowest BCUT2D eigenvalue weighted by atomic mass is 10.1. The van der Waals surface area contributed by atoms with Gasteiger partial charge in [-0.15, -0.1) is 0 Å². The van der Waals surface area contributed by atoms with Gasteiger partial charge in [-0.3, -0.25) is 0 Å². The average Bonchev–Trinajstić information content (AvgIpc) is 2.26. The second-order valence-electron chi connectivity index (χ2n) is 4.35. The van der Waals surface area contributed by atoms with Crippen molar-refractivity contribution >= 4 is 17.3 Å². The van der Waals surface area contributed by atoms with Gasteiger partial charge in [-0.05, 0) is 24.6 Å². The van der Waals surface area contributed by atoms with E-state index in [4.69, 9.17) is 11.6 Å². The molecule has 1 aromatic carbocycles. The summed E-state index contributed by atoms with van der Waals surface area (Å²) in [5.74, 6) is -0.289. The van der Waals surface area contributed by atoms with Gasteiger partial charge in [0.05, 0.1) is 0 Å². The van der Waals surface area contributed by atoms with Crippen molar-refractivity contribution in [3.05, 3.63) is 29.0 Å². The zero-order valence-electron chi connectivity index (χ0n) is 10.4. The maximum atomic E-state index is 13.0. The number of anilines is 1. The number of hydrogen-bond donors (Lipinski definition) is 1. The van der Waals surface area contributed by atoms with Crippen molar-refractivity contribution in [3.8, 4) is 0 Å². The van der Waals surface area contributed by atoms with Crippen LogP contribution in [0.3, 0.4) is 0 Å². The van der Waals surface area contributed by atoms with Crippen LogP contribution in [-0.2, 0) is 0 Å². The summed E-state index contributed by atoms with van der Waals surface area (Å²) >= 11 is 5.77. The fourth-order valence-electron chi connectivity index (χ4n) is 1.79. The Hall–Kier alpha value is -0.760. The standard InChI is InChI=1S/C14H21ClFN/c1-2-3-4-5-6-7-8-17-14-10-12(15)9-13(16)11-14/h9-11,17H,2-8H2,1H3. The molecule has 0 aromatic heterocycles. The summed E-state index contributed by atoms with van der Waals surface area (Å²) in [5, 5.41) is 3.63. The summed E-state index contributed by atoms with van der Waals surface area (Å²) in [6, 6.07) is 4.54. The molecule has 0 saturated heterocycles. The van der Waals surface area contributed by atoms with E-state index in [1.165, 1.54) is 44.2 Å². The van der Waals surface area contributed by atoms with Crippen molar-refractivity contribution in [2.75, 3.05) is 11.9 Å². The number of benzene rings is 1. The Balaban J connectivity index is 2.13. The molecule has 0 heterocycles. The van der Waals surface area contributed by atoms with Crippen LogP contribution in [0.1, 0.15) is 45.4 Å². The molecule has 1 rings (SSSR count). The fourth-order valence-corrected chi connectivity index (χ4v) is 2.02. The van der Waals surface area contributed by atoms with Gasteiger partial charge in [0.25, 0.3) is 0 Å². The van der Waals surface area contributed by atoms with E-state index in [-0.39, 0.29) is 5.82 Å². The van der Waals surface area contributed by atoms with Crippen LogP contribution in [0.5, 0.6) is 0 Å². The predicted molar refractivity (Wildman–Crippen MR) is 73.3 cm³/mol. The normalized spacial score (nSPS) is 10.5. The van der Waals surface area contributed by atoms with Crippen LogP contribution < -0.4 is 5.32 Å². The van der Waals surface area contributed by atoms with Crippen molar-refractivity contribution in [2.45, 2.75) is 45.4 Å². The molecule has 0 aliphatic rings. The molecule has 3 heteroatoms. The monoisotopic (exact) mass is 257 g/mol. The van der Waals surface area contributed by atoms with Gasteiger partial charge < -0.3 is 5.32 Å². The van der Waals surface area contributed by atoms with Crippen LogP contribution in [0.2, 0.25) is 5.02 Å². The first-order valence-corrected chi connectivity index (χ1v) is 6.80. The van der Waals surface area contributed by atoms with Crippen molar-refractivity contribution < 1.29 is 4.39 Å². The van der Waals surface area contributed by atoms with E-state index in [1.54, 1.807) is 6.07 Å². The molecule has 0 fully saturated rings. The predicted octanol–water partition coefficient (Wildman–Crippen LogP) is 5.25. The minimum absolute atomic E-state index is 0.289. The summed E-state index contributed by atoms with van der Waals surface area (Å²) in [6.45, 7) is 3.10. The molecule has 17 heavy (non-hydrogen) atoms. The van der Waals surface area contributed by atoms with Gasteiger partial charge in [-0.2, -0.15) is 0 Å². The quantitative estimate of drug-likeness (QED) is 0.627. The molecule has 0 radical (unpaired) electrons. The van der Waals surface area contributed by atoms with Crippen molar-refractivity contribution in [1.82, 2.24) is 0 Å². The lowest BCUT2D eigenvalue weighted by Gasteiger charge is -2.07. The lowest BCUT2D eigenvalue weighted by Crippen LogP contribution is -2.01. The second-order valence-corrected chi connectivity index (χ2v) is 4.79. The molecule has 0 amide bonds. The first-order chi connectivity index (χ1) is 8.22. The van der Waals surface area contributed by atoms with Gasteiger partial charge in [0.1, 0.15) is 5.82 Å². The molecular weight excluding hydrogens is 237 g/mol. The van der Waals surface area contributed by atoms with Crippen LogP contribution in [-0.4, -0.2) is 6.54 Å². The maximum absolute atomic E-state index is 13.0. The third kappa shape index (κ3) is 6.52. The molecule has 96 valence electrons. The lowest BCUT2D eigenvalue weighted by molar-refractivity contribution is 0.616. The van der Waals surface area contributed by atoms with Crippen molar-refractivity contribution in [3.63, 3.8) is 0 Å². The average molecular weight is 258 g/mol. The third-order valence-corrected chi connectivity index (χ3v) is 2.94. The summed E-state index contributed by atoms with van der Waals surface area (Å²) in [4.78, 5) is 0. The van der Waals surface area contributed by atoms with Gasteiger partial charge in [0.15, 0.2) is 0 Å². The van der Waals surface area contributed by atoms with Crippen LogP contribution in [0.15, 0.2) is 18.2 Å². The molecule has 0 atom stereocenters. The van der Waals surface area contributed by atoms with E-state index in [0.29, 0.717) is 5.02 Å². The van der Waals surface area contributed by atoms with E-state index in [0.717, 1.165) is 18.7 Å². The zero-order chi connectivity index (χ0) is 12.5. The molecule has 1 aromatic rings. The Labute approximate surface area is 108 Å². The van der Waals surface area contributed by atoms with Crippen molar-refractivity contribution in [1.29, 1.82) is 0 Å². The van der Waals surface area contributed by atoms with E-state index in [1.807, 2.05) is 0 Å². The number of halogens is 2. The van der Waals surface area contributed by atoms with E-state index in [2.05, 4.69) is 12.2 Å². The highest BCUT2D eigenvalue weighted by Gasteiger charge is 1.98. The topological polar surface area (TPSA) is 12.0 Å². The van der Waals surface area contributed by atoms with Gasteiger partial charge in [0, 0.05) is 17.3 Å². The molecule has 0 aliphatic carbocycles. The summed E-state index contributed by atoms with van der Waals surface area (Å²) < 4.78 is 13.0. The van der Waals surface area contributed by atoms with E-state index >= 15 is 0 Å². The number of rotatable bonds is 8. The number of nitrogens with one attached hydrogen (secondary N) is 1. The summed E-state index contributed by atoms with van der Waals surface area (Å²) in [6.07, 6.45) is 7.57. The molecule has 1 N–H and O–H groups in total. The Bertz CT molecular complexity index is 308. The Morgan fingerprint density at radius 1 is 1.06 bits per heavy atom. The van der Waals surface area contributed by atoms with Gasteiger partial charge in [0.2, 0.25) is 0 Å². The van der Waals surface area contributed by atoms with Crippen LogP contribution >= 0.6 is 11.6 Å². The highest BCUT2D eigenvalue weighted by Crippen LogP contribution is 2.18. The molecule has 0 saturated carbocycles. The van der Waals surface area contributed by atoms with Gasteiger partial charge in [-0.25, -0.2) is 4.39 Å². The molecule has 0 bridgehead atoms. The number of unbranched alkanes of at least 4 members (excludes halogenated alkanes) is 5. The zero-order valence-corrected chi connectivity index (χ0v) is 11.2. The summed E-state index contributed by atoms with van der Waals surface area (Å²) in [7, 11) is 0. The van der Waals surface area contributed by atoms with Gasteiger partial charge in [-0.1, -0.05) is 50.6 Å². The molecular formula is C14H21ClFN. The maximum Gasteiger partial charge on any atom is 0.126 e. The molecule has 0 aliphatic heterocycles. The Morgan fingerprint density at radius 3 is 2.47 bits per heavy atom.